The second-order valence-electron chi connectivity index (χ2n) is 7.30. The molecule has 0 aromatic carbocycles. The second-order valence-corrected chi connectivity index (χ2v) is 7.30. The monoisotopic (exact) mass is 354 g/mol. The van der Waals surface area contributed by atoms with Crippen LogP contribution >= 0.6 is 0 Å². The van der Waals surface area contributed by atoms with Crippen LogP contribution in [0.4, 0.5) is 5.95 Å². The summed E-state index contributed by atoms with van der Waals surface area (Å²) in [6.45, 7) is 5.32. The molecule has 1 N–H and O–H groups in total. The van der Waals surface area contributed by atoms with Gasteiger partial charge in [0, 0.05) is 56.9 Å². The van der Waals surface area contributed by atoms with Crippen LogP contribution in [0.5, 0.6) is 0 Å². The number of imidazole rings is 1. The molecule has 4 rings (SSSR count). The summed E-state index contributed by atoms with van der Waals surface area (Å²) < 4.78 is 2.30. The van der Waals surface area contributed by atoms with Crippen molar-refractivity contribution >= 4 is 11.9 Å². The molecule has 138 valence electrons. The minimum Gasteiger partial charge on any atom is -0.355 e. The number of anilines is 1. The van der Waals surface area contributed by atoms with Crippen molar-refractivity contribution in [2.75, 3.05) is 25.0 Å². The number of piperidine rings is 1. The zero-order chi connectivity index (χ0) is 17.9. The molecule has 2 aliphatic rings. The van der Waals surface area contributed by atoms with Crippen LogP contribution in [0.15, 0.2) is 24.8 Å². The number of carbonyl (C=O) groups is 1. The Morgan fingerprint density at radius 3 is 2.77 bits per heavy atom. The van der Waals surface area contributed by atoms with E-state index in [2.05, 4.69) is 31.0 Å². The molecule has 1 atom stereocenters. The van der Waals surface area contributed by atoms with Crippen molar-refractivity contribution in [1.82, 2.24) is 24.4 Å². The summed E-state index contributed by atoms with van der Waals surface area (Å²) >= 11 is 0. The molecule has 7 heteroatoms. The number of amides is 1. The topological polar surface area (TPSA) is 75.9 Å². The predicted octanol–water partition coefficient (Wildman–Crippen LogP) is 2.53. The number of carbonyl (C=O) groups excluding carboxylic acids is 1. The molecular formula is C19H26N6O. The van der Waals surface area contributed by atoms with Gasteiger partial charge in [-0.05, 0) is 38.5 Å². The normalized spacial score (nSPS) is 20.2. The smallest absolute Gasteiger partial charge is 0.257 e. The number of hydrogen-bond acceptors (Lipinski definition) is 5. The van der Waals surface area contributed by atoms with E-state index in [1.165, 1.54) is 12.8 Å². The Labute approximate surface area is 153 Å². The van der Waals surface area contributed by atoms with E-state index in [1.807, 2.05) is 18.0 Å². The molecule has 2 aromatic rings. The minimum atomic E-state index is 0.0121. The van der Waals surface area contributed by atoms with Gasteiger partial charge < -0.3 is 14.8 Å². The van der Waals surface area contributed by atoms with Crippen LogP contribution < -0.4 is 5.32 Å². The quantitative estimate of drug-likeness (QED) is 0.863. The molecule has 3 heterocycles. The Morgan fingerprint density at radius 1 is 1.23 bits per heavy atom. The van der Waals surface area contributed by atoms with E-state index in [0.717, 1.165) is 50.8 Å². The lowest BCUT2D eigenvalue weighted by molar-refractivity contribution is 0.0702. The van der Waals surface area contributed by atoms with E-state index in [0.29, 0.717) is 17.4 Å². The standard InChI is InChI=1S/C19H26N6O/c1-2-20-19-22-10-16(11-23-19)18(26)25-8-3-4-15(13-25)17-21-7-9-24(17)12-14-5-6-14/h7,9-11,14-15H,2-6,8,12-13H2,1H3,(H,20,22,23)/t15-/m1/s1. The van der Waals surface area contributed by atoms with Crippen LogP contribution in [0.25, 0.3) is 0 Å². The average molecular weight is 354 g/mol. The van der Waals surface area contributed by atoms with E-state index in [9.17, 15) is 4.79 Å². The lowest BCUT2D eigenvalue weighted by atomic mass is 9.96. The van der Waals surface area contributed by atoms with Crippen LogP contribution in [-0.4, -0.2) is 50.0 Å². The van der Waals surface area contributed by atoms with E-state index in [1.54, 1.807) is 12.4 Å². The Balaban J connectivity index is 1.44. The molecule has 1 aliphatic heterocycles. The van der Waals surface area contributed by atoms with Crippen molar-refractivity contribution in [3.8, 4) is 0 Å². The molecule has 0 unspecified atom stereocenters. The van der Waals surface area contributed by atoms with Gasteiger partial charge >= 0.3 is 0 Å². The van der Waals surface area contributed by atoms with E-state index in [4.69, 9.17) is 0 Å². The van der Waals surface area contributed by atoms with Gasteiger partial charge in [0.05, 0.1) is 5.56 Å². The number of nitrogens with zero attached hydrogens (tertiary/aromatic N) is 5. The Bertz CT molecular complexity index is 752. The number of rotatable bonds is 6. The first kappa shape index (κ1) is 17.0. The van der Waals surface area contributed by atoms with Gasteiger partial charge in [0.15, 0.2) is 0 Å². The van der Waals surface area contributed by atoms with Gasteiger partial charge in [-0.1, -0.05) is 0 Å². The third-order valence-corrected chi connectivity index (χ3v) is 5.21. The molecule has 26 heavy (non-hydrogen) atoms. The van der Waals surface area contributed by atoms with Crippen molar-refractivity contribution < 1.29 is 4.79 Å². The summed E-state index contributed by atoms with van der Waals surface area (Å²) in [5.74, 6) is 2.83. The molecule has 0 spiro atoms. The molecular weight excluding hydrogens is 328 g/mol. The fraction of sp³-hybridized carbons (Fsp3) is 0.579. The summed E-state index contributed by atoms with van der Waals surface area (Å²) in [4.78, 5) is 27.8. The maximum atomic E-state index is 12.9. The lowest BCUT2D eigenvalue weighted by Gasteiger charge is -2.32. The number of aromatic nitrogens is 4. The van der Waals surface area contributed by atoms with Gasteiger partial charge in [0.25, 0.3) is 5.91 Å². The van der Waals surface area contributed by atoms with Gasteiger partial charge in [-0.15, -0.1) is 0 Å². The highest BCUT2D eigenvalue weighted by molar-refractivity contribution is 5.93. The minimum absolute atomic E-state index is 0.0121. The SMILES string of the molecule is CCNc1ncc(C(=O)N2CCC[C@@H](c3nccn3CC3CC3)C2)cn1. The largest absolute Gasteiger partial charge is 0.355 e. The molecule has 7 nitrogen and oxygen atoms in total. The highest BCUT2D eigenvalue weighted by Gasteiger charge is 2.30. The molecule has 0 radical (unpaired) electrons. The number of nitrogens with one attached hydrogen (secondary N) is 1. The third-order valence-electron chi connectivity index (χ3n) is 5.21. The maximum absolute atomic E-state index is 12.9. The van der Waals surface area contributed by atoms with Crippen LogP contribution in [-0.2, 0) is 6.54 Å². The zero-order valence-electron chi connectivity index (χ0n) is 15.3. The number of hydrogen-bond donors (Lipinski definition) is 1. The van der Waals surface area contributed by atoms with E-state index < -0.39 is 0 Å². The molecule has 2 aromatic heterocycles. The summed E-state index contributed by atoms with van der Waals surface area (Å²) in [6, 6.07) is 0. The number of likely N-dealkylation sites (tertiary alicyclic amines) is 1. The Hall–Kier alpha value is -2.44. The Morgan fingerprint density at radius 2 is 2.04 bits per heavy atom. The van der Waals surface area contributed by atoms with Crippen molar-refractivity contribution in [3.63, 3.8) is 0 Å². The maximum Gasteiger partial charge on any atom is 0.257 e. The van der Waals surface area contributed by atoms with Gasteiger partial charge in [0.1, 0.15) is 5.82 Å². The molecule has 0 bridgehead atoms. The zero-order valence-corrected chi connectivity index (χ0v) is 15.3. The van der Waals surface area contributed by atoms with Crippen LogP contribution in [0.1, 0.15) is 54.7 Å². The van der Waals surface area contributed by atoms with Gasteiger partial charge in [0.2, 0.25) is 5.95 Å². The third kappa shape index (κ3) is 3.71. The van der Waals surface area contributed by atoms with Gasteiger partial charge in [-0.2, -0.15) is 0 Å². The van der Waals surface area contributed by atoms with Crippen molar-refractivity contribution in [2.45, 2.75) is 45.1 Å². The summed E-state index contributed by atoms with van der Waals surface area (Å²) in [5, 5.41) is 3.05. The van der Waals surface area contributed by atoms with Crippen molar-refractivity contribution in [3.05, 3.63) is 36.2 Å². The van der Waals surface area contributed by atoms with Crippen LogP contribution in [0.2, 0.25) is 0 Å². The molecule has 1 saturated carbocycles. The first-order valence-corrected chi connectivity index (χ1v) is 9.60. The van der Waals surface area contributed by atoms with Crippen LogP contribution in [0.3, 0.4) is 0 Å². The van der Waals surface area contributed by atoms with Crippen molar-refractivity contribution in [1.29, 1.82) is 0 Å². The molecule has 1 amide bonds. The van der Waals surface area contributed by atoms with E-state index >= 15 is 0 Å². The fourth-order valence-corrected chi connectivity index (χ4v) is 3.66. The molecule has 1 saturated heterocycles. The van der Waals surface area contributed by atoms with Gasteiger partial charge in [-0.25, -0.2) is 15.0 Å². The second kappa shape index (κ2) is 7.43. The first-order chi connectivity index (χ1) is 12.7. The highest BCUT2D eigenvalue weighted by Crippen LogP contribution is 2.33. The summed E-state index contributed by atoms with van der Waals surface area (Å²) in [6.07, 6.45) is 12.0. The molecule has 2 fully saturated rings. The van der Waals surface area contributed by atoms with E-state index in [-0.39, 0.29) is 5.91 Å². The average Bonchev–Trinajstić information content (AvgIpc) is 3.37. The lowest BCUT2D eigenvalue weighted by Crippen LogP contribution is -2.40. The predicted molar refractivity (Wildman–Crippen MR) is 99.0 cm³/mol. The Kier molecular flexibility index (Phi) is 4.86. The first-order valence-electron chi connectivity index (χ1n) is 9.60. The summed E-state index contributed by atoms with van der Waals surface area (Å²) in [5.41, 5.74) is 0.550. The summed E-state index contributed by atoms with van der Waals surface area (Å²) in [7, 11) is 0. The fourth-order valence-electron chi connectivity index (χ4n) is 3.66. The highest BCUT2D eigenvalue weighted by atomic mass is 16.2. The molecule has 1 aliphatic carbocycles. The van der Waals surface area contributed by atoms with Gasteiger partial charge in [-0.3, -0.25) is 4.79 Å². The van der Waals surface area contributed by atoms with Crippen LogP contribution in [0, 0.1) is 5.92 Å². The van der Waals surface area contributed by atoms with Crippen molar-refractivity contribution in [2.24, 2.45) is 5.92 Å².